The van der Waals surface area contributed by atoms with Gasteiger partial charge in [0.15, 0.2) is 0 Å². The van der Waals surface area contributed by atoms with E-state index in [0.29, 0.717) is 6.42 Å². The second kappa shape index (κ2) is 6.31. The standard InChI is InChI=1S/C17H17F3O/c1-2-3-16(21)14-6-4-12(5-7-14)13-8-10-15(11-9-13)17(18,19)20/h4-11,16,21H,2-3H2,1H3/t16-/m0/s1. The summed E-state index contributed by atoms with van der Waals surface area (Å²) in [6.07, 6.45) is -3.22. The molecule has 0 fully saturated rings. The largest absolute Gasteiger partial charge is 0.416 e. The summed E-state index contributed by atoms with van der Waals surface area (Å²) in [5.74, 6) is 0. The van der Waals surface area contributed by atoms with Crippen molar-refractivity contribution in [1.82, 2.24) is 0 Å². The van der Waals surface area contributed by atoms with Gasteiger partial charge < -0.3 is 5.11 Å². The summed E-state index contributed by atoms with van der Waals surface area (Å²) >= 11 is 0. The molecule has 1 nitrogen and oxygen atoms in total. The van der Waals surface area contributed by atoms with Crippen LogP contribution < -0.4 is 0 Å². The van der Waals surface area contributed by atoms with Crippen LogP contribution in [0.1, 0.15) is 37.0 Å². The number of aliphatic hydroxyl groups is 1. The summed E-state index contributed by atoms with van der Waals surface area (Å²) in [6.45, 7) is 2.00. The molecule has 0 saturated carbocycles. The van der Waals surface area contributed by atoms with Crippen molar-refractivity contribution >= 4 is 0 Å². The highest BCUT2D eigenvalue weighted by Gasteiger charge is 2.29. The summed E-state index contributed by atoms with van der Waals surface area (Å²) in [5, 5.41) is 9.88. The van der Waals surface area contributed by atoms with Gasteiger partial charge in [-0.3, -0.25) is 0 Å². The van der Waals surface area contributed by atoms with Crippen LogP contribution >= 0.6 is 0 Å². The third-order valence-electron chi connectivity index (χ3n) is 3.40. The topological polar surface area (TPSA) is 20.2 Å². The number of hydrogen-bond donors (Lipinski definition) is 1. The minimum absolute atomic E-state index is 0.489. The Morgan fingerprint density at radius 1 is 0.905 bits per heavy atom. The Bertz CT molecular complexity index is 570. The van der Waals surface area contributed by atoms with E-state index >= 15 is 0 Å². The molecular weight excluding hydrogens is 277 g/mol. The monoisotopic (exact) mass is 294 g/mol. The van der Waals surface area contributed by atoms with Crippen molar-refractivity contribution in [3.8, 4) is 11.1 Å². The molecule has 1 N–H and O–H groups in total. The van der Waals surface area contributed by atoms with Gasteiger partial charge in [0, 0.05) is 0 Å². The average Bonchev–Trinajstić information content (AvgIpc) is 2.47. The fourth-order valence-corrected chi connectivity index (χ4v) is 2.19. The SMILES string of the molecule is CCC[C@H](O)c1ccc(-c2ccc(C(F)(F)F)cc2)cc1. The van der Waals surface area contributed by atoms with Crippen molar-refractivity contribution < 1.29 is 18.3 Å². The first kappa shape index (κ1) is 15.6. The van der Waals surface area contributed by atoms with E-state index in [2.05, 4.69) is 0 Å². The van der Waals surface area contributed by atoms with Crippen molar-refractivity contribution in [3.63, 3.8) is 0 Å². The summed E-state index contributed by atoms with van der Waals surface area (Å²) in [4.78, 5) is 0. The first-order valence-corrected chi connectivity index (χ1v) is 6.87. The lowest BCUT2D eigenvalue weighted by molar-refractivity contribution is -0.137. The molecule has 0 radical (unpaired) electrons. The van der Waals surface area contributed by atoms with E-state index in [1.165, 1.54) is 12.1 Å². The van der Waals surface area contributed by atoms with Gasteiger partial charge in [0.05, 0.1) is 11.7 Å². The van der Waals surface area contributed by atoms with E-state index < -0.39 is 17.8 Å². The van der Waals surface area contributed by atoms with E-state index in [1.54, 1.807) is 0 Å². The second-order valence-electron chi connectivity index (χ2n) is 5.00. The molecule has 0 unspecified atom stereocenters. The number of halogens is 3. The number of benzene rings is 2. The molecule has 0 bridgehead atoms. The van der Waals surface area contributed by atoms with E-state index in [4.69, 9.17) is 0 Å². The van der Waals surface area contributed by atoms with Crippen LogP contribution in [0.3, 0.4) is 0 Å². The highest BCUT2D eigenvalue weighted by molar-refractivity contribution is 5.64. The van der Waals surface area contributed by atoms with Crippen LogP contribution in [0, 0.1) is 0 Å². The lowest BCUT2D eigenvalue weighted by atomic mass is 9.99. The Morgan fingerprint density at radius 3 is 1.81 bits per heavy atom. The molecule has 0 saturated heterocycles. The van der Waals surface area contributed by atoms with Crippen molar-refractivity contribution in [2.45, 2.75) is 32.0 Å². The van der Waals surface area contributed by atoms with Crippen LogP contribution in [0.25, 0.3) is 11.1 Å². The quantitative estimate of drug-likeness (QED) is 0.821. The van der Waals surface area contributed by atoms with Gasteiger partial charge in [0.2, 0.25) is 0 Å². The second-order valence-corrected chi connectivity index (χ2v) is 5.00. The maximum atomic E-state index is 12.5. The number of alkyl halides is 3. The Balaban J connectivity index is 2.19. The minimum atomic E-state index is -4.31. The molecule has 0 aliphatic heterocycles. The zero-order valence-corrected chi connectivity index (χ0v) is 11.7. The molecule has 0 spiro atoms. The van der Waals surface area contributed by atoms with E-state index in [9.17, 15) is 18.3 Å². The third kappa shape index (κ3) is 3.85. The Morgan fingerprint density at radius 2 is 1.38 bits per heavy atom. The van der Waals surface area contributed by atoms with Crippen LogP contribution in [-0.4, -0.2) is 5.11 Å². The predicted molar refractivity (Wildman–Crippen MR) is 76.7 cm³/mol. The van der Waals surface area contributed by atoms with Gasteiger partial charge in [-0.05, 0) is 35.2 Å². The molecule has 112 valence electrons. The molecule has 0 heterocycles. The number of aliphatic hydroxyl groups excluding tert-OH is 1. The summed E-state index contributed by atoms with van der Waals surface area (Å²) in [7, 11) is 0. The minimum Gasteiger partial charge on any atom is -0.388 e. The smallest absolute Gasteiger partial charge is 0.388 e. The Kier molecular flexibility index (Phi) is 4.68. The van der Waals surface area contributed by atoms with Gasteiger partial charge in [0.1, 0.15) is 0 Å². The first-order chi connectivity index (χ1) is 9.91. The van der Waals surface area contributed by atoms with Gasteiger partial charge in [-0.15, -0.1) is 0 Å². The van der Waals surface area contributed by atoms with Crippen molar-refractivity contribution in [2.24, 2.45) is 0 Å². The molecule has 0 aromatic heterocycles. The first-order valence-electron chi connectivity index (χ1n) is 6.87. The van der Waals surface area contributed by atoms with Gasteiger partial charge in [-0.1, -0.05) is 49.7 Å². The lowest BCUT2D eigenvalue weighted by Crippen LogP contribution is -2.04. The van der Waals surface area contributed by atoms with Crippen molar-refractivity contribution in [1.29, 1.82) is 0 Å². The fourth-order valence-electron chi connectivity index (χ4n) is 2.19. The van der Waals surface area contributed by atoms with Crippen molar-refractivity contribution in [3.05, 3.63) is 59.7 Å². The zero-order valence-electron chi connectivity index (χ0n) is 11.7. The molecule has 4 heteroatoms. The van der Waals surface area contributed by atoms with Crippen LogP contribution in [-0.2, 0) is 6.18 Å². The average molecular weight is 294 g/mol. The van der Waals surface area contributed by atoms with Gasteiger partial charge >= 0.3 is 6.18 Å². The molecule has 0 aliphatic carbocycles. The highest BCUT2D eigenvalue weighted by Crippen LogP contribution is 2.31. The Labute approximate surface area is 122 Å². The van der Waals surface area contributed by atoms with Crippen LogP contribution in [0.5, 0.6) is 0 Å². The normalized spacial score (nSPS) is 13.2. The molecule has 0 amide bonds. The van der Waals surface area contributed by atoms with Crippen LogP contribution in [0.15, 0.2) is 48.5 Å². The number of rotatable bonds is 4. The van der Waals surface area contributed by atoms with Gasteiger partial charge in [-0.2, -0.15) is 13.2 Å². The maximum absolute atomic E-state index is 12.5. The Hall–Kier alpha value is -1.81. The molecule has 2 rings (SSSR count). The summed E-state index contributed by atoms with van der Waals surface area (Å²) in [5.41, 5.74) is 1.73. The summed E-state index contributed by atoms with van der Waals surface area (Å²) < 4.78 is 37.5. The fraction of sp³-hybridized carbons (Fsp3) is 0.294. The van der Waals surface area contributed by atoms with E-state index in [-0.39, 0.29) is 0 Å². The molecule has 0 aliphatic rings. The molecule has 21 heavy (non-hydrogen) atoms. The van der Waals surface area contributed by atoms with E-state index in [0.717, 1.165) is 35.2 Å². The molecule has 2 aromatic carbocycles. The molecule has 1 atom stereocenters. The van der Waals surface area contributed by atoms with Gasteiger partial charge in [-0.25, -0.2) is 0 Å². The van der Waals surface area contributed by atoms with Gasteiger partial charge in [0.25, 0.3) is 0 Å². The molecular formula is C17H17F3O. The summed E-state index contributed by atoms with van der Waals surface area (Å²) in [6, 6.07) is 12.3. The van der Waals surface area contributed by atoms with Crippen molar-refractivity contribution in [2.75, 3.05) is 0 Å². The van der Waals surface area contributed by atoms with Crippen LogP contribution in [0.2, 0.25) is 0 Å². The number of hydrogen-bond acceptors (Lipinski definition) is 1. The highest BCUT2D eigenvalue weighted by atomic mass is 19.4. The van der Waals surface area contributed by atoms with Crippen LogP contribution in [0.4, 0.5) is 13.2 Å². The zero-order chi connectivity index (χ0) is 15.5. The maximum Gasteiger partial charge on any atom is 0.416 e. The lowest BCUT2D eigenvalue weighted by Gasteiger charge is -2.11. The third-order valence-corrected chi connectivity index (χ3v) is 3.40. The van der Waals surface area contributed by atoms with E-state index in [1.807, 2.05) is 31.2 Å². The molecule has 2 aromatic rings. The predicted octanol–water partition coefficient (Wildman–Crippen LogP) is 5.21.